The lowest BCUT2D eigenvalue weighted by molar-refractivity contribution is -0.577. The van der Waals surface area contributed by atoms with E-state index in [9.17, 15) is 9.59 Å². The quantitative estimate of drug-likeness (QED) is 0.724. The summed E-state index contributed by atoms with van der Waals surface area (Å²) in [6.07, 6.45) is 3.56. The fourth-order valence-corrected chi connectivity index (χ4v) is 3.41. The second-order valence-electron chi connectivity index (χ2n) is 6.60. The molecule has 0 saturated heterocycles. The van der Waals surface area contributed by atoms with Gasteiger partial charge in [0, 0.05) is 28.9 Å². The predicted octanol–water partition coefficient (Wildman–Crippen LogP) is 3.95. The molecule has 1 aromatic heterocycles. The van der Waals surface area contributed by atoms with Gasteiger partial charge in [0.2, 0.25) is 5.78 Å². The molecule has 3 aromatic rings. The number of aryl methyl sites for hydroxylation is 2. The Morgan fingerprint density at radius 1 is 0.704 bits per heavy atom. The number of nitrogens with zero attached hydrogens (tertiary/aromatic N) is 1. The van der Waals surface area contributed by atoms with Crippen molar-refractivity contribution in [3.8, 4) is 0 Å². The molecule has 1 aliphatic carbocycles. The number of aromatic nitrogens is 1. The second kappa shape index (κ2) is 6.65. The summed E-state index contributed by atoms with van der Waals surface area (Å²) in [5.41, 5.74) is 4.37. The van der Waals surface area contributed by atoms with Gasteiger partial charge in [-0.15, -0.1) is 0 Å². The Kier molecular flexibility index (Phi) is 4.16. The Morgan fingerprint density at radius 2 is 1.30 bits per heavy atom. The van der Waals surface area contributed by atoms with E-state index in [2.05, 4.69) is 5.32 Å². The highest BCUT2D eigenvalue weighted by Gasteiger charge is 2.38. The maximum atomic E-state index is 13.3. The van der Waals surface area contributed by atoms with Crippen molar-refractivity contribution in [2.75, 3.05) is 5.32 Å². The summed E-state index contributed by atoms with van der Waals surface area (Å²) in [5, 5.41) is 3.28. The number of anilines is 1. The zero-order valence-electron chi connectivity index (χ0n) is 15.2. The molecule has 0 spiro atoms. The monoisotopic (exact) mass is 355 g/mol. The molecule has 0 unspecified atom stereocenters. The average Bonchev–Trinajstić information content (AvgIpc) is 2.69. The predicted molar refractivity (Wildman–Crippen MR) is 104 cm³/mol. The minimum absolute atomic E-state index is 0.171. The molecular formula is C23H19N2O2+. The zero-order chi connectivity index (χ0) is 19.0. The molecule has 0 fully saturated rings. The van der Waals surface area contributed by atoms with E-state index in [1.54, 1.807) is 41.2 Å². The summed E-state index contributed by atoms with van der Waals surface area (Å²) in [4.78, 5) is 26.5. The van der Waals surface area contributed by atoms with Crippen LogP contribution in [-0.4, -0.2) is 11.6 Å². The highest BCUT2D eigenvalue weighted by molar-refractivity contribution is 6.36. The zero-order valence-corrected chi connectivity index (χ0v) is 15.2. The first-order chi connectivity index (χ1) is 13.1. The third kappa shape index (κ3) is 2.85. The Labute approximate surface area is 157 Å². The fraction of sp³-hybridized carbons (Fsp3) is 0.0870. The molecule has 4 heteroatoms. The van der Waals surface area contributed by atoms with Gasteiger partial charge in [-0.05, 0) is 25.0 Å². The topological polar surface area (TPSA) is 50.1 Å². The van der Waals surface area contributed by atoms with Gasteiger partial charge in [-0.25, -0.2) is 0 Å². The molecule has 2 aromatic carbocycles. The molecule has 0 bridgehead atoms. The highest BCUT2D eigenvalue weighted by atomic mass is 16.1. The number of carbonyl (C=O) groups excluding carboxylic acids is 2. The molecule has 27 heavy (non-hydrogen) atoms. The summed E-state index contributed by atoms with van der Waals surface area (Å²) >= 11 is 0. The van der Waals surface area contributed by atoms with E-state index in [4.69, 9.17) is 0 Å². The van der Waals surface area contributed by atoms with Crippen LogP contribution in [0, 0.1) is 13.8 Å². The van der Waals surface area contributed by atoms with Crippen LogP contribution in [0.1, 0.15) is 31.8 Å². The number of ketones is 2. The van der Waals surface area contributed by atoms with E-state index in [1.165, 1.54) is 0 Å². The fourth-order valence-electron chi connectivity index (χ4n) is 3.41. The number of Topliss-reactive ketones (excluding diaryl/α,β-unsaturated/α-hetero) is 2. The number of hydrogen-bond acceptors (Lipinski definition) is 3. The molecule has 4 nitrogen and oxygen atoms in total. The van der Waals surface area contributed by atoms with E-state index in [0.29, 0.717) is 22.5 Å². The number of carbonyl (C=O) groups is 2. The maximum Gasteiger partial charge on any atom is 0.286 e. The van der Waals surface area contributed by atoms with Crippen LogP contribution in [0.3, 0.4) is 0 Å². The molecule has 132 valence electrons. The van der Waals surface area contributed by atoms with E-state index in [0.717, 1.165) is 16.8 Å². The lowest BCUT2D eigenvalue weighted by atomic mass is 9.89. The van der Waals surface area contributed by atoms with Crippen LogP contribution in [0.2, 0.25) is 0 Å². The van der Waals surface area contributed by atoms with Crippen molar-refractivity contribution in [1.29, 1.82) is 0 Å². The normalized spacial score (nSPS) is 13.6. The number of fused-ring (bicyclic) bond motifs is 1. The van der Waals surface area contributed by atoms with Gasteiger partial charge in [-0.1, -0.05) is 48.5 Å². The molecule has 0 atom stereocenters. The van der Waals surface area contributed by atoms with Crippen molar-refractivity contribution < 1.29 is 14.2 Å². The molecule has 4 rings (SSSR count). The summed E-state index contributed by atoms with van der Waals surface area (Å²) in [5.74, 6) is -0.352. The van der Waals surface area contributed by atoms with Crippen LogP contribution in [0.15, 0.2) is 78.8 Å². The number of para-hydroxylation sites is 1. The summed E-state index contributed by atoms with van der Waals surface area (Å²) in [6, 6.07) is 18.4. The smallest absolute Gasteiger partial charge is 0.286 e. The van der Waals surface area contributed by atoms with Gasteiger partial charge in [-0.3, -0.25) is 9.59 Å². The van der Waals surface area contributed by atoms with Gasteiger partial charge in [0.15, 0.2) is 18.1 Å². The van der Waals surface area contributed by atoms with Crippen molar-refractivity contribution in [1.82, 2.24) is 0 Å². The minimum Gasteiger partial charge on any atom is -0.346 e. The molecule has 0 saturated carbocycles. The van der Waals surface area contributed by atoms with Gasteiger partial charge in [-0.2, -0.15) is 4.57 Å². The minimum atomic E-state index is -0.181. The van der Waals surface area contributed by atoms with Crippen molar-refractivity contribution in [2.24, 2.45) is 0 Å². The SMILES string of the molecule is Cc1cccc(C)c1NC1=C([n+]2ccccc2)C(=O)c2ccccc2C1=O. The largest absolute Gasteiger partial charge is 0.346 e. The average molecular weight is 355 g/mol. The van der Waals surface area contributed by atoms with E-state index < -0.39 is 0 Å². The third-order valence-electron chi connectivity index (χ3n) is 4.80. The third-order valence-corrected chi connectivity index (χ3v) is 4.80. The summed E-state index contributed by atoms with van der Waals surface area (Å²) in [6.45, 7) is 3.96. The molecule has 0 aliphatic heterocycles. The Bertz CT molecular complexity index is 1080. The number of pyridine rings is 1. The van der Waals surface area contributed by atoms with Crippen molar-refractivity contribution in [3.05, 3.63) is 101 Å². The standard InChI is InChI=1S/C23H18N2O2/c1-15-9-8-10-16(2)19(15)24-20-21(25-13-6-3-7-14-25)23(27)18-12-5-4-11-17(18)22(20)26/h3-14H,1-2H3/p+1. The van der Waals surface area contributed by atoms with Crippen LogP contribution in [0.5, 0.6) is 0 Å². The molecule has 1 heterocycles. The Hall–Kier alpha value is -3.53. The van der Waals surface area contributed by atoms with Crippen LogP contribution < -0.4 is 9.88 Å². The number of rotatable bonds is 3. The lowest BCUT2D eigenvalue weighted by Gasteiger charge is -2.20. The van der Waals surface area contributed by atoms with E-state index in [-0.39, 0.29) is 11.6 Å². The van der Waals surface area contributed by atoms with Gasteiger partial charge in [0.25, 0.3) is 11.5 Å². The summed E-state index contributed by atoms with van der Waals surface area (Å²) in [7, 11) is 0. The van der Waals surface area contributed by atoms with Crippen LogP contribution in [0.4, 0.5) is 5.69 Å². The maximum absolute atomic E-state index is 13.3. The molecule has 1 N–H and O–H groups in total. The first-order valence-corrected chi connectivity index (χ1v) is 8.80. The van der Waals surface area contributed by atoms with Crippen molar-refractivity contribution in [2.45, 2.75) is 13.8 Å². The second-order valence-corrected chi connectivity index (χ2v) is 6.60. The van der Waals surface area contributed by atoms with Gasteiger partial charge in [0.05, 0.1) is 0 Å². The Morgan fingerprint density at radius 3 is 1.93 bits per heavy atom. The van der Waals surface area contributed by atoms with Gasteiger partial charge in [0.1, 0.15) is 0 Å². The molecule has 1 aliphatic rings. The van der Waals surface area contributed by atoms with Crippen LogP contribution >= 0.6 is 0 Å². The summed E-state index contributed by atoms with van der Waals surface area (Å²) < 4.78 is 1.70. The Balaban J connectivity index is 1.95. The van der Waals surface area contributed by atoms with Gasteiger partial charge >= 0.3 is 0 Å². The van der Waals surface area contributed by atoms with Crippen LogP contribution in [-0.2, 0) is 0 Å². The van der Waals surface area contributed by atoms with E-state index >= 15 is 0 Å². The van der Waals surface area contributed by atoms with Crippen molar-refractivity contribution in [3.63, 3.8) is 0 Å². The molecular weight excluding hydrogens is 336 g/mol. The molecule has 0 radical (unpaired) electrons. The first kappa shape index (κ1) is 16.9. The lowest BCUT2D eigenvalue weighted by Crippen LogP contribution is -2.42. The molecule has 0 amide bonds. The van der Waals surface area contributed by atoms with Crippen LogP contribution in [0.25, 0.3) is 5.70 Å². The number of nitrogens with one attached hydrogen (secondary N) is 1. The number of allylic oxidation sites excluding steroid dienone is 2. The highest BCUT2D eigenvalue weighted by Crippen LogP contribution is 2.29. The van der Waals surface area contributed by atoms with Gasteiger partial charge < -0.3 is 5.32 Å². The first-order valence-electron chi connectivity index (χ1n) is 8.80. The number of benzene rings is 2. The van der Waals surface area contributed by atoms with Crippen molar-refractivity contribution >= 4 is 23.0 Å². The van der Waals surface area contributed by atoms with E-state index in [1.807, 2.05) is 50.2 Å². The number of hydrogen-bond donors (Lipinski definition) is 1.